The summed E-state index contributed by atoms with van der Waals surface area (Å²) >= 11 is 0. The van der Waals surface area contributed by atoms with Gasteiger partial charge in [0.1, 0.15) is 5.82 Å². The van der Waals surface area contributed by atoms with Gasteiger partial charge in [0, 0.05) is 18.0 Å². The smallest absolute Gasteiger partial charge is 0.131 e. The number of aromatic nitrogens is 1. The summed E-state index contributed by atoms with van der Waals surface area (Å²) in [7, 11) is 0. The number of halogens is 1. The van der Waals surface area contributed by atoms with Crippen LogP contribution in [0.5, 0.6) is 0 Å². The monoisotopic (exact) mass is 198 g/mol. The molecule has 1 heterocycles. The fourth-order valence-corrected chi connectivity index (χ4v) is 1.35. The lowest BCUT2D eigenvalue weighted by Crippen LogP contribution is -1.86. The van der Waals surface area contributed by atoms with Crippen molar-refractivity contribution in [2.45, 2.75) is 0 Å². The average molecular weight is 198 g/mol. The van der Waals surface area contributed by atoms with Crippen LogP contribution in [-0.2, 0) is 0 Å². The lowest BCUT2D eigenvalue weighted by molar-refractivity contribution is 0.631. The summed E-state index contributed by atoms with van der Waals surface area (Å²) < 4.78 is 13.5. The van der Waals surface area contributed by atoms with Crippen LogP contribution >= 0.6 is 0 Å². The molecule has 2 rings (SSSR count). The Bertz CT molecular complexity index is 515. The molecule has 0 saturated carbocycles. The standard InChI is InChI=1S/C12H7FN2/c13-12-2-1-9(8-14)7-11(12)10-3-5-15-6-4-10/h1-7H. The normalized spacial score (nSPS) is 9.60. The molecule has 3 heteroatoms. The molecule has 15 heavy (non-hydrogen) atoms. The third-order valence-electron chi connectivity index (χ3n) is 2.09. The number of nitrogens with zero attached hydrogens (tertiary/aromatic N) is 2. The lowest BCUT2D eigenvalue weighted by Gasteiger charge is -2.02. The highest BCUT2D eigenvalue weighted by atomic mass is 19.1. The van der Waals surface area contributed by atoms with E-state index >= 15 is 0 Å². The van der Waals surface area contributed by atoms with Crippen molar-refractivity contribution in [3.05, 3.63) is 54.1 Å². The molecule has 0 atom stereocenters. The molecule has 0 fully saturated rings. The van der Waals surface area contributed by atoms with Crippen LogP contribution in [0.25, 0.3) is 11.1 Å². The van der Waals surface area contributed by atoms with E-state index in [1.54, 1.807) is 24.5 Å². The molecule has 0 aliphatic heterocycles. The van der Waals surface area contributed by atoms with E-state index in [1.807, 2.05) is 6.07 Å². The third-order valence-corrected chi connectivity index (χ3v) is 2.09. The Balaban J connectivity index is 2.58. The first-order valence-corrected chi connectivity index (χ1v) is 4.41. The molecule has 0 aliphatic carbocycles. The van der Waals surface area contributed by atoms with E-state index in [2.05, 4.69) is 4.98 Å². The van der Waals surface area contributed by atoms with Crippen LogP contribution in [0, 0.1) is 17.1 Å². The van der Waals surface area contributed by atoms with Gasteiger partial charge >= 0.3 is 0 Å². The minimum Gasteiger partial charge on any atom is -0.265 e. The zero-order valence-corrected chi connectivity index (χ0v) is 7.81. The maximum Gasteiger partial charge on any atom is 0.131 e. The van der Waals surface area contributed by atoms with Gasteiger partial charge in [-0.3, -0.25) is 4.98 Å². The highest BCUT2D eigenvalue weighted by Gasteiger charge is 2.05. The Morgan fingerprint density at radius 2 is 1.87 bits per heavy atom. The van der Waals surface area contributed by atoms with Crippen LogP contribution in [0.3, 0.4) is 0 Å². The van der Waals surface area contributed by atoms with Crippen LogP contribution in [0.2, 0.25) is 0 Å². The molecule has 0 bridgehead atoms. The second-order valence-electron chi connectivity index (χ2n) is 3.04. The SMILES string of the molecule is N#Cc1ccc(F)c(-c2ccncc2)c1. The van der Waals surface area contributed by atoms with Crippen molar-refractivity contribution >= 4 is 0 Å². The van der Waals surface area contributed by atoms with E-state index in [0.29, 0.717) is 11.1 Å². The van der Waals surface area contributed by atoms with Crippen molar-refractivity contribution in [2.75, 3.05) is 0 Å². The highest BCUT2D eigenvalue weighted by molar-refractivity contribution is 5.65. The van der Waals surface area contributed by atoms with Gasteiger partial charge in [-0.2, -0.15) is 5.26 Å². The van der Waals surface area contributed by atoms with Crippen molar-refractivity contribution in [1.82, 2.24) is 4.98 Å². The van der Waals surface area contributed by atoms with Crippen LogP contribution in [0.1, 0.15) is 5.56 Å². The summed E-state index contributed by atoms with van der Waals surface area (Å²) in [6.07, 6.45) is 3.18. The second kappa shape index (κ2) is 3.89. The van der Waals surface area contributed by atoms with Gasteiger partial charge in [0.2, 0.25) is 0 Å². The van der Waals surface area contributed by atoms with Crippen molar-refractivity contribution in [3.63, 3.8) is 0 Å². The molecule has 1 aromatic carbocycles. The highest BCUT2D eigenvalue weighted by Crippen LogP contribution is 2.22. The van der Waals surface area contributed by atoms with Crippen LogP contribution in [0.15, 0.2) is 42.7 Å². The fraction of sp³-hybridized carbons (Fsp3) is 0. The third kappa shape index (κ3) is 1.84. The minimum absolute atomic E-state index is 0.333. The molecule has 72 valence electrons. The number of hydrogen-bond donors (Lipinski definition) is 0. The maximum absolute atomic E-state index is 13.5. The Morgan fingerprint density at radius 3 is 2.53 bits per heavy atom. The summed E-state index contributed by atoms with van der Waals surface area (Å²) in [5.74, 6) is -0.333. The Morgan fingerprint density at radius 1 is 1.13 bits per heavy atom. The van der Waals surface area contributed by atoms with Crippen LogP contribution in [-0.4, -0.2) is 4.98 Å². The van der Waals surface area contributed by atoms with Gasteiger partial charge in [0.25, 0.3) is 0 Å². The quantitative estimate of drug-likeness (QED) is 0.706. The molecule has 0 aliphatic rings. The number of nitriles is 1. The van der Waals surface area contributed by atoms with E-state index in [1.165, 1.54) is 18.2 Å². The molecule has 0 saturated heterocycles. The van der Waals surface area contributed by atoms with Crippen molar-refractivity contribution in [2.24, 2.45) is 0 Å². The summed E-state index contributed by atoms with van der Waals surface area (Å²) in [6.45, 7) is 0. The number of rotatable bonds is 1. The van der Waals surface area contributed by atoms with Gasteiger partial charge in [0.15, 0.2) is 0 Å². The van der Waals surface area contributed by atoms with Gasteiger partial charge in [-0.25, -0.2) is 4.39 Å². The maximum atomic E-state index is 13.5. The number of pyridine rings is 1. The second-order valence-corrected chi connectivity index (χ2v) is 3.04. The predicted octanol–water partition coefficient (Wildman–Crippen LogP) is 2.76. The molecule has 2 nitrogen and oxygen atoms in total. The zero-order valence-electron chi connectivity index (χ0n) is 7.81. The Labute approximate surface area is 86.6 Å². The summed E-state index contributed by atoms with van der Waals surface area (Å²) in [6, 6.07) is 9.69. The Kier molecular flexibility index (Phi) is 2.42. The fourth-order valence-electron chi connectivity index (χ4n) is 1.35. The molecule has 0 radical (unpaired) electrons. The molecule has 2 aromatic rings. The van der Waals surface area contributed by atoms with E-state index in [0.717, 1.165) is 5.56 Å². The van der Waals surface area contributed by atoms with E-state index < -0.39 is 0 Å². The van der Waals surface area contributed by atoms with Gasteiger partial charge in [-0.05, 0) is 35.9 Å². The van der Waals surface area contributed by atoms with Crippen molar-refractivity contribution in [1.29, 1.82) is 5.26 Å². The van der Waals surface area contributed by atoms with E-state index in [4.69, 9.17) is 5.26 Å². The molecular weight excluding hydrogens is 191 g/mol. The predicted molar refractivity (Wildman–Crippen MR) is 54.3 cm³/mol. The minimum atomic E-state index is -0.333. The molecular formula is C12H7FN2. The average Bonchev–Trinajstić information content (AvgIpc) is 2.31. The summed E-state index contributed by atoms with van der Waals surface area (Å²) in [5.41, 5.74) is 1.60. The van der Waals surface area contributed by atoms with E-state index in [9.17, 15) is 4.39 Å². The van der Waals surface area contributed by atoms with Crippen molar-refractivity contribution < 1.29 is 4.39 Å². The van der Waals surface area contributed by atoms with Gasteiger partial charge < -0.3 is 0 Å². The largest absolute Gasteiger partial charge is 0.265 e. The topological polar surface area (TPSA) is 36.7 Å². The van der Waals surface area contributed by atoms with Gasteiger partial charge in [0.05, 0.1) is 11.6 Å². The number of hydrogen-bond acceptors (Lipinski definition) is 2. The first kappa shape index (κ1) is 9.35. The molecule has 0 spiro atoms. The zero-order chi connectivity index (χ0) is 10.7. The van der Waals surface area contributed by atoms with Gasteiger partial charge in [-0.15, -0.1) is 0 Å². The van der Waals surface area contributed by atoms with Gasteiger partial charge in [-0.1, -0.05) is 0 Å². The van der Waals surface area contributed by atoms with Crippen LogP contribution in [0.4, 0.5) is 4.39 Å². The lowest BCUT2D eigenvalue weighted by atomic mass is 10.0. The molecule has 1 aromatic heterocycles. The Hall–Kier alpha value is -2.21. The van der Waals surface area contributed by atoms with Crippen molar-refractivity contribution in [3.8, 4) is 17.2 Å². The molecule has 0 N–H and O–H groups in total. The van der Waals surface area contributed by atoms with E-state index in [-0.39, 0.29) is 5.82 Å². The van der Waals surface area contributed by atoms with Crippen LogP contribution < -0.4 is 0 Å². The first-order chi connectivity index (χ1) is 7.31. The molecule has 0 unspecified atom stereocenters. The first-order valence-electron chi connectivity index (χ1n) is 4.41. The number of benzene rings is 1. The summed E-state index contributed by atoms with van der Waals surface area (Å²) in [4.78, 5) is 3.86. The summed E-state index contributed by atoms with van der Waals surface area (Å²) in [5, 5.41) is 8.72. The molecule has 0 amide bonds.